The summed E-state index contributed by atoms with van der Waals surface area (Å²) in [5.74, 6) is 0.641. The summed E-state index contributed by atoms with van der Waals surface area (Å²) >= 11 is 0. The van der Waals surface area contributed by atoms with Crippen molar-refractivity contribution in [3.63, 3.8) is 0 Å². The van der Waals surface area contributed by atoms with Crippen LogP contribution in [0.15, 0.2) is 189 Å². The molecule has 0 N–H and O–H groups in total. The van der Waals surface area contributed by atoms with Gasteiger partial charge in [-0.2, -0.15) is 8.42 Å². The van der Waals surface area contributed by atoms with Crippen LogP contribution in [0.5, 0.6) is 5.75 Å². The first-order valence-electron chi connectivity index (χ1n) is 15.5. The number of ether oxygens (including phenoxy) is 1. The van der Waals surface area contributed by atoms with Gasteiger partial charge in [-0.25, -0.2) is 3.63 Å². The van der Waals surface area contributed by atoms with Crippen molar-refractivity contribution >= 4 is 20.4 Å². The Labute approximate surface area is 280 Å². The maximum absolute atomic E-state index is 14.4. The zero-order chi connectivity index (χ0) is 32.9. The third-order valence-corrected chi connectivity index (χ3v) is 12.9. The van der Waals surface area contributed by atoms with Crippen molar-refractivity contribution < 1.29 is 16.8 Å². The molecule has 0 saturated carbocycles. The molecule has 0 heterocycles. The summed E-state index contributed by atoms with van der Waals surface area (Å²) in [7, 11) is -7.02. The smallest absolute Gasteiger partial charge is 0.307 e. The van der Waals surface area contributed by atoms with E-state index in [4.69, 9.17) is 8.37 Å². The second-order valence-electron chi connectivity index (χ2n) is 12.2. The average molecular weight is 659 g/mol. The van der Waals surface area contributed by atoms with E-state index in [-0.39, 0.29) is 16.4 Å². The van der Waals surface area contributed by atoms with Crippen LogP contribution in [0.4, 0.5) is 0 Å². The summed E-state index contributed by atoms with van der Waals surface area (Å²) in [6.45, 7) is 5.98. The number of rotatable bonds is 10. The van der Waals surface area contributed by atoms with Crippen LogP contribution >= 0.6 is 10.3 Å². The fourth-order valence-electron chi connectivity index (χ4n) is 5.67. The Morgan fingerprint density at radius 3 is 1.23 bits per heavy atom. The van der Waals surface area contributed by atoms with Crippen LogP contribution in [-0.4, -0.2) is 14.0 Å². The molecule has 0 aliphatic carbocycles. The Kier molecular flexibility index (Phi) is 9.37. The highest BCUT2D eigenvalue weighted by Crippen LogP contribution is 2.70. The van der Waals surface area contributed by atoms with E-state index in [1.165, 1.54) is 0 Å². The molecule has 0 spiro atoms. The lowest BCUT2D eigenvalue weighted by Crippen LogP contribution is -2.22. The zero-order valence-electron chi connectivity index (χ0n) is 26.7. The van der Waals surface area contributed by atoms with Gasteiger partial charge >= 0.3 is 10.1 Å². The van der Waals surface area contributed by atoms with Crippen molar-refractivity contribution in [1.29, 1.82) is 0 Å². The average Bonchev–Trinajstić information content (AvgIpc) is 3.09. The van der Waals surface area contributed by atoms with Crippen LogP contribution in [-0.2, 0) is 13.7 Å². The molecule has 6 rings (SSSR count). The maximum atomic E-state index is 14.4. The fraction of sp³-hybridized carbons (Fsp3) is 0.122. The molecule has 0 atom stereocenters. The van der Waals surface area contributed by atoms with Gasteiger partial charge in [-0.3, -0.25) is 0 Å². The molecular formula is C41H38O4S2. The highest BCUT2D eigenvalue weighted by atomic mass is 32.3. The summed E-state index contributed by atoms with van der Waals surface area (Å²) < 4.78 is 41.5. The van der Waals surface area contributed by atoms with Gasteiger partial charge in [-0.05, 0) is 108 Å². The molecule has 0 aliphatic heterocycles. The second kappa shape index (κ2) is 13.6. The molecular weight excluding hydrogens is 621 g/mol. The quantitative estimate of drug-likeness (QED) is 0.137. The lowest BCUT2D eigenvalue weighted by Gasteiger charge is -2.39. The van der Waals surface area contributed by atoms with Gasteiger partial charge in [0, 0.05) is 20.6 Å². The normalized spacial score (nSPS) is 12.5. The van der Waals surface area contributed by atoms with Gasteiger partial charge in [0.05, 0.1) is 4.90 Å². The lowest BCUT2D eigenvalue weighted by atomic mass is 9.85. The summed E-state index contributed by atoms with van der Waals surface area (Å²) in [5.41, 5.74) is 2.86. The van der Waals surface area contributed by atoms with E-state index in [2.05, 4.69) is 24.3 Å². The van der Waals surface area contributed by atoms with Crippen LogP contribution in [0.25, 0.3) is 0 Å². The predicted octanol–water partition coefficient (Wildman–Crippen LogP) is 10.6. The third kappa shape index (κ3) is 7.20. The monoisotopic (exact) mass is 658 g/mol. The van der Waals surface area contributed by atoms with Crippen LogP contribution in [0.3, 0.4) is 0 Å². The largest absolute Gasteiger partial charge is 0.488 e. The Hall–Kier alpha value is -4.62. The van der Waals surface area contributed by atoms with E-state index in [9.17, 15) is 8.42 Å². The molecule has 238 valence electrons. The highest BCUT2D eigenvalue weighted by Gasteiger charge is 2.38. The van der Waals surface area contributed by atoms with E-state index in [1.54, 1.807) is 12.1 Å². The summed E-state index contributed by atoms with van der Waals surface area (Å²) in [6.07, 6.45) is 0. The number of benzene rings is 6. The van der Waals surface area contributed by atoms with E-state index < -0.39 is 20.4 Å². The number of hydrogen-bond donors (Lipinski definition) is 0. The molecule has 0 saturated heterocycles. The van der Waals surface area contributed by atoms with Crippen LogP contribution in [0.1, 0.15) is 43.4 Å². The molecule has 0 aromatic heterocycles. The van der Waals surface area contributed by atoms with Crippen molar-refractivity contribution in [3.05, 3.63) is 187 Å². The summed E-state index contributed by atoms with van der Waals surface area (Å²) in [5, 5.41) is 0. The van der Waals surface area contributed by atoms with Gasteiger partial charge in [0.2, 0.25) is 0 Å². The van der Waals surface area contributed by atoms with Gasteiger partial charge in [0.15, 0.2) is 0 Å². The molecule has 6 aromatic rings. The first-order chi connectivity index (χ1) is 22.7. The van der Waals surface area contributed by atoms with Crippen LogP contribution in [0.2, 0.25) is 0 Å². The molecule has 0 amide bonds. The zero-order valence-corrected chi connectivity index (χ0v) is 28.3. The molecule has 0 radical (unpaired) electrons. The van der Waals surface area contributed by atoms with Crippen molar-refractivity contribution in [2.45, 2.75) is 51.9 Å². The van der Waals surface area contributed by atoms with E-state index in [0.29, 0.717) is 5.75 Å². The first-order valence-corrected chi connectivity index (χ1v) is 18.5. The van der Waals surface area contributed by atoms with Crippen molar-refractivity contribution in [1.82, 2.24) is 0 Å². The van der Waals surface area contributed by atoms with Crippen molar-refractivity contribution in [3.8, 4) is 5.75 Å². The molecule has 0 bridgehead atoms. The molecule has 6 heteroatoms. The van der Waals surface area contributed by atoms with Gasteiger partial charge in [0.1, 0.15) is 11.4 Å². The first kappa shape index (κ1) is 32.3. The summed E-state index contributed by atoms with van der Waals surface area (Å²) in [4.78, 5) is 2.37. The Balaban J connectivity index is 1.44. The highest BCUT2D eigenvalue weighted by molar-refractivity contribution is 8.33. The lowest BCUT2D eigenvalue weighted by molar-refractivity contribution is 0.131. The minimum atomic E-state index is -4.27. The Morgan fingerprint density at radius 2 is 0.809 bits per heavy atom. The molecule has 4 nitrogen and oxygen atoms in total. The van der Waals surface area contributed by atoms with Crippen molar-refractivity contribution in [2.75, 3.05) is 0 Å². The Morgan fingerprint density at radius 1 is 0.447 bits per heavy atom. The topological polar surface area (TPSA) is 52.6 Å². The van der Waals surface area contributed by atoms with E-state index >= 15 is 0 Å². The fourth-order valence-corrected chi connectivity index (χ4v) is 10.9. The molecule has 47 heavy (non-hydrogen) atoms. The molecule has 0 unspecified atom stereocenters. The second-order valence-corrected chi connectivity index (χ2v) is 16.7. The summed E-state index contributed by atoms with van der Waals surface area (Å²) in [6, 6.07) is 54.4. The van der Waals surface area contributed by atoms with Gasteiger partial charge in [0.25, 0.3) is 0 Å². The maximum Gasteiger partial charge on any atom is 0.307 e. The van der Waals surface area contributed by atoms with Gasteiger partial charge in [-0.1, -0.05) is 109 Å². The molecule has 6 aromatic carbocycles. The molecule has 0 aliphatic rings. The van der Waals surface area contributed by atoms with Crippen molar-refractivity contribution in [2.24, 2.45) is 0 Å². The van der Waals surface area contributed by atoms with E-state index in [1.807, 2.05) is 154 Å². The minimum absolute atomic E-state index is 0.0535. The van der Waals surface area contributed by atoms with Gasteiger partial charge in [-0.15, -0.1) is 0 Å². The predicted molar refractivity (Wildman–Crippen MR) is 191 cm³/mol. The Bertz CT molecular complexity index is 1910. The molecule has 0 fully saturated rings. The van der Waals surface area contributed by atoms with Gasteiger partial charge < -0.3 is 4.74 Å². The SMILES string of the molecule is CC(C)(C)Oc1ccc(S(OS(=O)(=O)c2ccc(C(c3ccccc3)c3ccccc3)cc2)(c2ccccc2)c2ccccc2)cc1. The minimum Gasteiger partial charge on any atom is -0.488 e. The standard InChI is InChI=1S/C41H38O4S2/c1-41(2,3)44-35-26-30-38(31-27-35)46(36-20-12-6-13-21-36,37-22-14-7-15-23-37)45-47(42,43)39-28-24-34(25-29-39)40(32-16-8-4-9-17-32)33-18-10-5-11-19-33/h4-31,40H,1-3H3. The van der Waals surface area contributed by atoms with Crippen LogP contribution < -0.4 is 4.74 Å². The van der Waals surface area contributed by atoms with E-state index in [0.717, 1.165) is 31.4 Å². The van der Waals surface area contributed by atoms with Crippen LogP contribution in [0, 0.1) is 0 Å². The number of hydrogen-bond acceptors (Lipinski definition) is 4. The third-order valence-electron chi connectivity index (χ3n) is 7.69.